The van der Waals surface area contributed by atoms with E-state index >= 15 is 0 Å². The molecular formula is C14H14O2. The molecule has 0 amide bonds. The molecule has 82 valence electrons. The smallest absolute Gasteiger partial charge is 0.311 e. The summed E-state index contributed by atoms with van der Waals surface area (Å²) in [7, 11) is 0. The van der Waals surface area contributed by atoms with Crippen LogP contribution in [0.2, 0.25) is 0 Å². The molecule has 0 saturated heterocycles. The van der Waals surface area contributed by atoms with E-state index in [0.29, 0.717) is 6.42 Å². The van der Waals surface area contributed by atoms with Gasteiger partial charge in [0.25, 0.3) is 0 Å². The van der Waals surface area contributed by atoms with E-state index in [-0.39, 0.29) is 11.9 Å². The van der Waals surface area contributed by atoms with Crippen LogP contribution in [0.15, 0.2) is 41.7 Å². The van der Waals surface area contributed by atoms with Gasteiger partial charge in [-0.05, 0) is 24.0 Å². The van der Waals surface area contributed by atoms with E-state index in [1.54, 1.807) is 0 Å². The van der Waals surface area contributed by atoms with Crippen LogP contribution in [0, 0.1) is 0 Å². The number of carbonyl (C=O) groups excluding carboxylic acids is 1. The third-order valence-electron chi connectivity index (χ3n) is 3.44. The van der Waals surface area contributed by atoms with Gasteiger partial charge in [-0.3, -0.25) is 4.79 Å². The quantitative estimate of drug-likeness (QED) is 0.671. The molecule has 2 nitrogen and oxygen atoms in total. The van der Waals surface area contributed by atoms with Gasteiger partial charge in [0.1, 0.15) is 5.76 Å². The molecule has 0 N–H and O–H groups in total. The van der Waals surface area contributed by atoms with E-state index in [1.807, 2.05) is 18.2 Å². The number of rotatable bonds is 1. The molecule has 1 unspecified atom stereocenters. The fourth-order valence-electron chi connectivity index (χ4n) is 2.70. The Labute approximate surface area is 94.9 Å². The molecule has 2 aliphatic rings. The molecule has 1 aromatic carbocycles. The van der Waals surface area contributed by atoms with Gasteiger partial charge in [0.05, 0.1) is 6.42 Å². The molecule has 2 heteroatoms. The van der Waals surface area contributed by atoms with Crippen LogP contribution in [0.5, 0.6) is 0 Å². The highest BCUT2D eigenvalue weighted by Crippen LogP contribution is 2.42. The number of esters is 1. The zero-order chi connectivity index (χ0) is 11.0. The molecule has 0 spiro atoms. The summed E-state index contributed by atoms with van der Waals surface area (Å²) in [6.07, 6.45) is 3.65. The average molecular weight is 214 g/mol. The fourth-order valence-corrected chi connectivity index (χ4v) is 2.70. The summed E-state index contributed by atoms with van der Waals surface area (Å²) < 4.78 is 5.30. The number of hydrogen-bond donors (Lipinski definition) is 0. The predicted molar refractivity (Wildman–Crippen MR) is 60.8 cm³/mol. The van der Waals surface area contributed by atoms with Crippen LogP contribution in [0.1, 0.15) is 37.2 Å². The van der Waals surface area contributed by atoms with Crippen molar-refractivity contribution in [1.82, 2.24) is 0 Å². The maximum atomic E-state index is 11.5. The van der Waals surface area contributed by atoms with Gasteiger partial charge in [0, 0.05) is 12.3 Å². The van der Waals surface area contributed by atoms with Crippen LogP contribution >= 0.6 is 0 Å². The zero-order valence-electron chi connectivity index (χ0n) is 9.11. The minimum absolute atomic E-state index is 0.0745. The Hall–Kier alpha value is -1.57. The van der Waals surface area contributed by atoms with Gasteiger partial charge in [0.15, 0.2) is 0 Å². The lowest BCUT2D eigenvalue weighted by molar-refractivity contribution is -0.141. The second-order valence-corrected chi connectivity index (χ2v) is 4.44. The molecule has 1 aliphatic carbocycles. The first-order valence-corrected chi connectivity index (χ1v) is 5.82. The molecular weight excluding hydrogens is 200 g/mol. The van der Waals surface area contributed by atoms with E-state index in [4.69, 9.17) is 4.74 Å². The maximum absolute atomic E-state index is 11.5. The zero-order valence-corrected chi connectivity index (χ0v) is 9.11. The Morgan fingerprint density at radius 1 is 1.12 bits per heavy atom. The molecule has 0 fully saturated rings. The summed E-state index contributed by atoms with van der Waals surface area (Å²) in [5.74, 6) is 1.14. The Bertz CT molecular complexity index is 445. The van der Waals surface area contributed by atoms with E-state index < -0.39 is 0 Å². The highest BCUT2D eigenvalue weighted by atomic mass is 16.5. The van der Waals surface area contributed by atoms with E-state index in [1.165, 1.54) is 11.1 Å². The van der Waals surface area contributed by atoms with Crippen molar-refractivity contribution in [2.24, 2.45) is 0 Å². The van der Waals surface area contributed by atoms with Crippen molar-refractivity contribution >= 4 is 5.97 Å². The largest absolute Gasteiger partial charge is 0.431 e. The summed E-state index contributed by atoms with van der Waals surface area (Å²) in [6.45, 7) is 0. The molecule has 0 aromatic heterocycles. The van der Waals surface area contributed by atoms with Gasteiger partial charge < -0.3 is 4.74 Å². The molecule has 1 heterocycles. The Kier molecular flexibility index (Phi) is 2.28. The van der Waals surface area contributed by atoms with Crippen LogP contribution in [0.3, 0.4) is 0 Å². The molecule has 0 radical (unpaired) electrons. The minimum Gasteiger partial charge on any atom is -0.431 e. The summed E-state index contributed by atoms with van der Waals surface area (Å²) in [6, 6.07) is 10.3. The lowest BCUT2D eigenvalue weighted by atomic mass is 9.86. The van der Waals surface area contributed by atoms with Gasteiger partial charge in [0.2, 0.25) is 0 Å². The first-order chi connectivity index (χ1) is 7.84. The van der Waals surface area contributed by atoms with Crippen molar-refractivity contribution in [2.75, 3.05) is 0 Å². The van der Waals surface area contributed by atoms with Gasteiger partial charge >= 0.3 is 5.97 Å². The van der Waals surface area contributed by atoms with Crippen LogP contribution in [-0.4, -0.2) is 5.97 Å². The molecule has 1 aromatic rings. The summed E-state index contributed by atoms with van der Waals surface area (Å²) in [5, 5.41) is 0. The van der Waals surface area contributed by atoms with Crippen molar-refractivity contribution in [3.05, 3.63) is 47.2 Å². The molecule has 0 saturated carbocycles. The maximum Gasteiger partial charge on any atom is 0.311 e. The van der Waals surface area contributed by atoms with Crippen molar-refractivity contribution in [3.63, 3.8) is 0 Å². The predicted octanol–water partition coefficient (Wildman–Crippen LogP) is 3.16. The van der Waals surface area contributed by atoms with E-state index in [9.17, 15) is 4.79 Å². The second-order valence-electron chi connectivity index (χ2n) is 4.44. The van der Waals surface area contributed by atoms with Crippen molar-refractivity contribution < 1.29 is 9.53 Å². The first kappa shape index (κ1) is 9.64. The fraction of sp³-hybridized carbons (Fsp3) is 0.357. The Balaban J connectivity index is 2.00. The number of benzene rings is 1. The molecule has 1 atom stereocenters. The first-order valence-electron chi connectivity index (χ1n) is 5.82. The van der Waals surface area contributed by atoms with E-state index in [2.05, 4.69) is 12.1 Å². The third kappa shape index (κ3) is 1.54. The van der Waals surface area contributed by atoms with Gasteiger partial charge in [-0.15, -0.1) is 0 Å². The van der Waals surface area contributed by atoms with Crippen LogP contribution in [-0.2, 0) is 9.53 Å². The molecule has 0 bridgehead atoms. The van der Waals surface area contributed by atoms with Crippen molar-refractivity contribution in [1.29, 1.82) is 0 Å². The second kappa shape index (κ2) is 3.78. The van der Waals surface area contributed by atoms with Gasteiger partial charge in [-0.1, -0.05) is 30.3 Å². The molecule has 1 aliphatic heterocycles. The number of ether oxygens (including phenoxy) is 1. The van der Waals surface area contributed by atoms with Gasteiger partial charge in [-0.25, -0.2) is 0 Å². The van der Waals surface area contributed by atoms with Gasteiger partial charge in [-0.2, -0.15) is 0 Å². The van der Waals surface area contributed by atoms with Crippen LogP contribution in [0.25, 0.3) is 0 Å². The highest BCUT2D eigenvalue weighted by Gasteiger charge is 2.32. The van der Waals surface area contributed by atoms with Crippen LogP contribution in [0.4, 0.5) is 0 Å². The monoisotopic (exact) mass is 214 g/mol. The molecule has 16 heavy (non-hydrogen) atoms. The topological polar surface area (TPSA) is 26.3 Å². The highest BCUT2D eigenvalue weighted by molar-refractivity contribution is 5.74. The van der Waals surface area contributed by atoms with E-state index in [0.717, 1.165) is 25.0 Å². The minimum atomic E-state index is -0.0745. The third-order valence-corrected chi connectivity index (χ3v) is 3.44. The summed E-state index contributed by atoms with van der Waals surface area (Å²) in [4.78, 5) is 11.5. The number of carbonyl (C=O) groups is 1. The Morgan fingerprint density at radius 3 is 2.75 bits per heavy atom. The Morgan fingerprint density at radius 2 is 1.94 bits per heavy atom. The standard InChI is InChI=1S/C14H14O2/c15-14-9-12(10-5-2-1-3-6-10)11-7-4-8-13(11)16-14/h1-3,5-6,12H,4,7-9H2. The average Bonchev–Trinajstić information content (AvgIpc) is 2.77. The molecule has 3 rings (SSSR count). The lowest BCUT2D eigenvalue weighted by Gasteiger charge is -2.24. The van der Waals surface area contributed by atoms with Crippen molar-refractivity contribution in [2.45, 2.75) is 31.6 Å². The SMILES string of the molecule is O=C1CC(c2ccccc2)C2=C(CCC2)O1. The summed E-state index contributed by atoms with van der Waals surface area (Å²) >= 11 is 0. The number of hydrogen-bond acceptors (Lipinski definition) is 2. The van der Waals surface area contributed by atoms with Crippen molar-refractivity contribution in [3.8, 4) is 0 Å². The lowest BCUT2D eigenvalue weighted by Crippen LogP contribution is -2.18. The number of allylic oxidation sites excluding steroid dienone is 2. The van der Waals surface area contributed by atoms with Crippen LogP contribution < -0.4 is 0 Å². The summed E-state index contributed by atoms with van der Waals surface area (Å²) in [5.41, 5.74) is 2.60. The normalized spacial score (nSPS) is 24.2.